The number of rotatable bonds is 4. The summed E-state index contributed by atoms with van der Waals surface area (Å²) < 4.78 is 6.12. The molecular formula is C22H21O2S. The Morgan fingerprint density at radius 3 is 2.08 bits per heavy atom. The number of carbonyl (C=O) groups is 1. The first-order valence-corrected chi connectivity index (χ1v) is 10.0. The molecule has 25 heavy (non-hydrogen) atoms. The molecule has 1 radical (unpaired) electrons. The van der Waals surface area contributed by atoms with Crippen LogP contribution in [-0.2, 0) is 4.18 Å². The molecule has 127 valence electrons. The summed E-state index contributed by atoms with van der Waals surface area (Å²) in [6.07, 6.45) is 2.01. The van der Waals surface area contributed by atoms with E-state index in [-0.39, 0.29) is 5.97 Å². The Morgan fingerprint density at radius 2 is 1.48 bits per heavy atom. The number of carbonyl (C=O) groups excluding carboxylic acids is 1. The first kappa shape index (κ1) is 17.3. The van der Waals surface area contributed by atoms with Crippen molar-refractivity contribution in [3.8, 4) is 0 Å². The summed E-state index contributed by atoms with van der Waals surface area (Å²) in [6, 6.07) is 25.1. The van der Waals surface area contributed by atoms with Gasteiger partial charge in [-0.15, -0.1) is 0 Å². The van der Waals surface area contributed by atoms with E-state index in [0.29, 0.717) is 5.56 Å². The Labute approximate surface area is 151 Å². The Kier molecular flexibility index (Phi) is 4.95. The lowest BCUT2D eigenvalue weighted by atomic mass is 10.1. The predicted octanol–water partition coefficient (Wildman–Crippen LogP) is 5.80. The highest BCUT2D eigenvalue weighted by molar-refractivity contribution is 8.29. The van der Waals surface area contributed by atoms with E-state index in [2.05, 4.69) is 13.0 Å². The summed E-state index contributed by atoms with van der Waals surface area (Å²) in [6.45, 7) is 6.05. The topological polar surface area (TPSA) is 26.3 Å². The summed E-state index contributed by atoms with van der Waals surface area (Å²) >= 11 is 0. The van der Waals surface area contributed by atoms with Gasteiger partial charge in [-0.1, -0.05) is 42.5 Å². The molecule has 0 heterocycles. The lowest BCUT2D eigenvalue weighted by Gasteiger charge is -2.36. The number of aryl methyl sites for hydroxylation is 1. The minimum absolute atomic E-state index is 0.307. The number of hydrogen-bond donors (Lipinski definition) is 0. The zero-order chi connectivity index (χ0) is 17.9. The lowest BCUT2D eigenvalue weighted by Crippen LogP contribution is -2.12. The van der Waals surface area contributed by atoms with Crippen molar-refractivity contribution < 1.29 is 8.98 Å². The minimum atomic E-state index is -1.96. The van der Waals surface area contributed by atoms with E-state index in [1.165, 1.54) is 0 Å². The van der Waals surface area contributed by atoms with Crippen molar-refractivity contribution in [3.63, 3.8) is 0 Å². The second-order valence-corrected chi connectivity index (χ2v) is 8.78. The molecule has 0 aromatic heterocycles. The molecule has 0 aliphatic carbocycles. The number of benzene rings is 3. The van der Waals surface area contributed by atoms with Crippen molar-refractivity contribution in [2.75, 3.05) is 6.26 Å². The average Bonchev–Trinajstić information content (AvgIpc) is 2.65. The minimum Gasteiger partial charge on any atom is -0.403 e. The van der Waals surface area contributed by atoms with Crippen molar-refractivity contribution in [3.05, 3.63) is 102 Å². The third kappa shape index (κ3) is 3.62. The molecule has 3 heteroatoms. The zero-order valence-electron chi connectivity index (χ0n) is 14.4. The molecule has 3 aromatic carbocycles. The van der Waals surface area contributed by atoms with Crippen LogP contribution in [-0.4, -0.2) is 12.2 Å². The summed E-state index contributed by atoms with van der Waals surface area (Å²) in [7, 11) is -1.96. The summed E-state index contributed by atoms with van der Waals surface area (Å²) in [5.74, 6) is -0.307. The fourth-order valence-electron chi connectivity index (χ4n) is 2.60. The second-order valence-electron chi connectivity index (χ2n) is 5.98. The Hall–Kier alpha value is -2.52. The van der Waals surface area contributed by atoms with E-state index < -0.39 is 10.3 Å². The third-order valence-electron chi connectivity index (χ3n) is 4.21. The van der Waals surface area contributed by atoms with Crippen LogP contribution in [0.3, 0.4) is 0 Å². The van der Waals surface area contributed by atoms with Crippen LogP contribution in [0.1, 0.15) is 21.5 Å². The third-order valence-corrected chi connectivity index (χ3v) is 7.02. The van der Waals surface area contributed by atoms with Crippen molar-refractivity contribution in [1.82, 2.24) is 0 Å². The molecule has 3 aromatic rings. The maximum absolute atomic E-state index is 12.7. The van der Waals surface area contributed by atoms with Crippen LogP contribution in [0.2, 0.25) is 0 Å². The Balaban J connectivity index is 2.06. The Bertz CT molecular complexity index is 875. The van der Waals surface area contributed by atoms with Crippen LogP contribution in [0, 0.1) is 13.8 Å². The van der Waals surface area contributed by atoms with E-state index in [1.54, 1.807) is 12.1 Å². The van der Waals surface area contributed by atoms with E-state index in [1.807, 2.05) is 73.8 Å². The highest BCUT2D eigenvalue weighted by atomic mass is 32.3. The van der Waals surface area contributed by atoms with Gasteiger partial charge < -0.3 is 4.18 Å². The van der Waals surface area contributed by atoms with Crippen molar-refractivity contribution in [2.24, 2.45) is 0 Å². The maximum Gasteiger partial charge on any atom is 0.349 e. The molecule has 0 spiro atoms. The van der Waals surface area contributed by atoms with Gasteiger partial charge in [-0.25, -0.2) is 4.79 Å². The van der Waals surface area contributed by atoms with Gasteiger partial charge in [0.1, 0.15) is 0 Å². The van der Waals surface area contributed by atoms with Gasteiger partial charge >= 0.3 is 5.97 Å². The van der Waals surface area contributed by atoms with Crippen LogP contribution in [0.5, 0.6) is 0 Å². The van der Waals surface area contributed by atoms with E-state index in [0.717, 1.165) is 20.9 Å². The largest absolute Gasteiger partial charge is 0.403 e. The Morgan fingerprint density at radius 1 is 0.880 bits per heavy atom. The van der Waals surface area contributed by atoms with Crippen LogP contribution < -0.4 is 0 Å². The van der Waals surface area contributed by atoms with Gasteiger partial charge in [0, 0.05) is 16.0 Å². The molecule has 0 fully saturated rings. The quantitative estimate of drug-likeness (QED) is 0.595. The lowest BCUT2D eigenvalue weighted by molar-refractivity contribution is 0.0758. The first-order chi connectivity index (χ1) is 12.0. The van der Waals surface area contributed by atoms with Gasteiger partial charge in [-0.05, 0) is 71.7 Å². The zero-order valence-corrected chi connectivity index (χ0v) is 15.3. The maximum atomic E-state index is 12.7. The molecule has 0 saturated carbocycles. The normalized spacial score (nSPS) is 14.4. The summed E-state index contributed by atoms with van der Waals surface area (Å²) in [5.41, 5.74) is 2.62. The second kappa shape index (κ2) is 7.16. The average molecular weight is 349 g/mol. The number of hydrogen-bond acceptors (Lipinski definition) is 2. The molecule has 2 nitrogen and oxygen atoms in total. The van der Waals surface area contributed by atoms with E-state index in [4.69, 9.17) is 4.18 Å². The predicted molar refractivity (Wildman–Crippen MR) is 104 cm³/mol. The molecule has 0 amide bonds. The summed E-state index contributed by atoms with van der Waals surface area (Å²) in [5, 5.41) is 0. The molecule has 1 unspecified atom stereocenters. The SMILES string of the molecule is [CH2]c1ccc(S(C)(OC(=O)c2ccccc2)c2ccccc2)cc1C. The molecule has 0 aliphatic rings. The monoisotopic (exact) mass is 349 g/mol. The fourth-order valence-corrected chi connectivity index (χ4v) is 4.87. The molecule has 0 aliphatic heterocycles. The fraction of sp³-hybridized carbons (Fsp3) is 0.0909. The van der Waals surface area contributed by atoms with Gasteiger partial charge in [-0.2, -0.15) is 0 Å². The molecule has 0 bridgehead atoms. The van der Waals surface area contributed by atoms with Gasteiger partial charge in [0.05, 0.1) is 5.56 Å². The standard InChI is InChI=1S/C22H21O2S/c1-17-14-15-21(16-18(17)2)25(3,20-12-8-5-9-13-20)24-22(23)19-10-6-4-7-11-19/h4-16H,1H2,2-3H3. The molecule has 3 rings (SSSR count). The van der Waals surface area contributed by atoms with Gasteiger partial charge in [0.25, 0.3) is 0 Å². The van der Waals surface area contributed by atoms with Gasteiger partial charge in [0.15, 0.2) is 0 Å². The van der Waals surface area contributed by atoms with Crippen LogP contribution in [0.4, 0.5) is 0 Å². The smallest absolute Gasteiger partial charge is 0.349 e. The highest BCUT2D eigenvalue weighted by Gasteiger charge is 2.29. The van der Waals surface area contributed by atoms with Crippen LogP contribution in [0.15, 0.2) is 88.7 Å². The van der Waals surface area contributed by atoms with Gasteiger partial charge in [-0.3, -0.25) is 0 Å². The highest BCUT2D eigenvalue weighted by Crippen LogP contribution is 2.61. The molecule has 0 saturated heterocycles. The van der Waals surface area contributed by atoms with Crippen molar-refractivity contribution in [2.45, 2.75) is 16.7 Å². The van der Waals surface area contributed by atoms with E-state index >= 15 is 0 Å². The molecular weight excluding hydrogens is 328 g/mol. The molecule has 1 atom stereocenters. The van der Waals surface area contributed by atoms with Crippen LogP contribution >= 0.6 is 10.3 Å². The van der Waals surface area contributed by atoms with Crippen molar-refractivity contribution in [1.29, 1.82) is 0 Å². The van der Waals surface area contributed by atoms with Gasteiger partial charge in [0.2, 0.25) is 0 Å². The van der Waals surface area contributed by atoms with Crippen molar-refractivity contribution >= 4 is 16.3 Å². The molecule has 0 N–H and O–H groups in total. The first-order valence-electron chi connectivity index (χ1n) is 8.05. The van der Waals surface area contributed by atoms with E-state index in [9.17, 15) is 4.79 Å². The summed E-state index contributed by atoms with van der Waals surface area (Å²) in [4.78, 5) is 14.8. The van der Waals surface area contributed by atoms with Crippen LogP contribution in [0.25, 0.3) is 0 Å².